The van der Waals surface area contributed by atoms with Gasteiger partial charge in [-0.15, -0.1) is 0 Å². The number of phenolic OH excluding ortho intramolecular Hbond substituents is 3. The third kappa shape index (κ3) is 5.49. The highest BCUT2D eigenvalue weighted by Crippen LogP contribution is 2.37. The molecular weight excluding hydrogens is 564 g/mol. The summed E-state index contributed by atoms with van der Waals surface area (Å²) in [5.74, 6) is -2.06. The number of aliphatic hydroxyl groups is 6. The summed E-state index contributed by atoms with van der Waals surface area (Å²) in [6.45, 7) is 0.875. The van der Waals surface area contributed by atoms with E-state index in [1.54, 1.807) is 0 Å². The van der Waals surface area contributed by atoms with Crippen molar-refractivity contribution in [3.63, 3.8) is 0 Å². The SMILES string of the molecule is C[C@@H]1O[C@@H](OC[C@H]2O[C@@H](Oc3c(-c4ccc(O)c(O)c4)oc4cc(O)ccc4c3=O)[C@H](O)[C@@H](O)[C@@H]2O)[C@H](O)[C@H](O)[C@H]1O. The van der Waals surface area contributed by atoms with Crippen molar-refractivity contribution in [2.45, 2.75) is 68.3 Å². The fourth-order valence-electron chi connectivity index (χ4n) is 4.74. The summed E-state index contributed by atoms with van der Waals surface area (Å²) in [7, 11) is 0. The molecule has 0 bridgehead atoms. The minimum atomic E-state index is -1.90. The van der Waals surface area contributed by atoms with Gasteiger partial charge in [0.05, 0.1) is 18.1 Å². The monoisotopic (exact) mass is 594 g/mol. The molecule has 9 N–H and O–H groups in total. The molecule has 2 aliphatic heterocycles. The van der Waals surface area contributed by atoms with Crippen LogP contribution >= 0.6 is 0 Å². The molecule has 0 radical (unpaired) electrons. The van der Waals surface area contributed by atoms with Gasteiger partial charge in [-0.1, -0.05) is 0 Å². The molecule has 0 aliphatic carbocycles. The Bertz CT molecular complexity index is 1490. The van der Waals surface area contributed by atoms with Gasteiger partial charge in [-0.3, -0.25) is 4.79 Å². The van der Waals surface area contributed by atoms with Gasteiger partial charge in [0.2, 0.25) is 17.5 Å². The van der Waals surface area contributed by atoms with Gasteiger partial charge in [0.15, 0.2) is 23.5 Å². The van der Waals surface area contributed by atoms with Crippen LogP contribution < -0.4 is 10.2 Å². The van der Waals surface area contributed by atoms with Crippen LogP contribution in [-0.2, 0) is 14.2 Å². The summed E-state index contributed by atoms with van der Waals surface area (Å²) >= 11 is 0. The molecule has 42 heavy (non-hydrogen) atoms. The molecule has 228 valence electrons. The van der Waals surface area contributed by atoms with Crippen molar-refractivity contribution in [1.82, 2.24) is 0 Å². The topological polar surface area (TPSA) is 249 Å². The van der Waals surface area contributed by atoms with Crippen LogP contribution in [0.1, 0.15) is 6.92 Å². The van der Waals surface area contributed by atoms with E-state index in [1.807, 2.05) is 0 Å². The Kier molecular flexibility index (Phi) is 8.30. The summed E-state index contributed by atoms with van der Waals surface area (Å²) in [6, 6.07) is 7.15. The van der Waals surface area contributed by atoms with Crippen molar-refractivity contribution >= 4 is 11.0 Å². The quantitative estimate of drug-likeness (QED) is 0.149. The van der Waals surface area contributed by atoms with E-state index >= 15 is 0 Å². The summed E-state index contributed by atoms with van der Waals surface area (Å²) in [5.41, 5.74) is -0.802. The third-order valence-electron chi connectivity index (χ3n) is 7.21. The van der Waals surface area contributed by atoms with Crippen LogP contribution in [0.25, 0.3) is 22.3 Å². The van der Waals surface area contributed by atoms with Crippen LogP contribution in [0.5, 0.6) is 23.0 Å². The molecule has 0 saturated carbocycles. The molecule has 1 aromatic heterocycles. The van der Waals surface area contributed by atoms with Crippen LogP contribution in [0.3, 0.4) is 0 Å². The third-order valence-corrected chi connectivity index (χ3v) is 7.21. The van der Waals surface area contributed by atoms with Gasteiger partial charge >= 0.3 is 0 Å². The van der Waals surface area contributed by atoms with E-state index in [9.17, 15) is 50.8 Å². The first-order valence-corrected chi connectivity index (χ1v) is 12.9. The van der Waals surface area contributed by atoms with Gasteiger partial charge in [0.1, 0.15) is 54.1 Å². The minimum absolute atomic E-state index is 0.0429. The highest BCUT2D eigenvalue weighted by Gasteiger charge is 2.47. The number of ether oxygens (including phenoxy) is 4. The predicted octanol–water partition coefficient (Wildman–Crippen LogP) is -1.39. The molecule has 0 unspecified atom stereocenters. The Morgan fingerprint density at radius 3 is 2.17 bits per heavy atom. The highest BCUT2D eigenvalue weighted by atomic mass is 16.7. The molecular formula is C27H30O15. The van der Waals surface area contributed by atoms with Crippen molar-refractivity contribution in [3.8, 4) is 34.3 Å². The number of aromatic hydroxyl groups is 3. The number of hydrogen-bond acceptors (Lipinski definition) is 15. The van der Waals surface area contributed by atoms with Gasteiger partial charge in [0.25, 0.3) is 0 Å². The number of aliphatic hydroxyl groups excluding tert-OH is 6. The molecule has 2 aliphatic rings. The Labute approximate surface area is 236 Å². The molecule has 2 aromatic carbocycles. The Balaban J connectivity index is 1.45. The zero-order valence-corrected chi connectivity index (χ0v) is 21.9. The molecule has 0 amide bonds. The largest absolute Gasteiger partial charge is 0.508 e. The second-order valence-electron chi connectivity index (χ2n) is 10.1. The molecule has 2 fully saturated rings. The Hall–Kier alpha value is -3.51. The first-order valence-electron chi connectivity index (χ1n) is 12.9. The fourth-order valence-corrected chi connectivity index (χ4v) is 4.74. The summed E-state index contributed by atoms with van der Waals surface area (Å²) in [6.07, 6.45) is -15.7. The van der Waals surface area contributed by atoms with Gasteiger partial charge < -0.3 is 69.3 Å². The lowest BCUT2D eigenvalue weighted by Gasteiger charge is -2.42. The molecule has 10 atom stereocenters. The maximum absolute atomic E-state index is 13.5. The summed E-state index contributed by atoms with van der Waals surface area (Å²) in [4.78, 5) is 13.5. The van der Waals surface area contributed by atoms with Crippen LogP contribution in [0.4, 0.5) is 0 Å². The van der Waals surface area contributed by atoms with Crippen LogP contribution in [0.15, 0.2) is 45.6 Å². The fraction of sp³-hybridized carbons (Fsp3) is 0.444. The molecule has 3 aromatic rings. The van der Waals surface area contributed by atoms with Crippen LogP contribution in [0, 0.1) is 0 Å². The van der Waals surface area contributed by atoms with E-state index < -0.39 is 90.7 Å². The van der Waals surface area contributed by atoms with Crippen molar-refractivity contribution in [2.24, 2.45) is 0 Å². The number of phenols is 3. The van der Waals surface area contributed by atoms with Crippen molar-refractivity contribution in [2.75, 3.05) is 6.61 Å². The first-order chi connectivity index (χ1) is 19.9. The zero-order chi connectivity index (χ0) is 30.5. The molecule has 15 nitrogen and oxygen atoms in total. The van der Waals surface area contributed by atoms with Gasteiger partial charge in [-0.25, -0.2) is 0 Å². The van der Waals surface area contributed by atoms with E-state index in [2.05, 4.69) is 0 Å². The summed E-state index contributed by atoms with van der Waals surface area (Å²) < 4.78 is 28.0. The maximum atomic E-state index is 13.5. The average molecular weight is 595 g/mol. The zero-order valence-electron chi connectivity index (χ0n) is 21.9. The Morgan fingerprint density at radius 1 is 0.762 bits per heavy atom. The molecule has 2 saturated heterocycles. The smallest absolute Gasteiger partial charge is 0.235 e. The van der Waals surface area contributed by atoms with E-state index in [0.717, 1.165) is 12.1 Å². The number of hydrogen-bond donors (Lipinski definition) is 9. The second kappa shape index (κ2) is 11.6. The lowest BCUT2D eigenvalue weighted by Crippen LogP contribution is -2.61. The number of benzene rings is 2. The Morgan fingerprint density at radius 2 is 1.45 bits per heavy atom. The summed E-state index contributed by atoms with van der Waals surface area (Å²) in [5, 5.41) is 91.4. The van der Waals surface area contributed by atoms with Crippen LogP contribution in [-0.4, -0.2) is 114 Å². The van der Waals surface area contributed by atoms with Gasteiger partial charge in [0, 0.05) is 11.6 Å². The molecule has 3 heterocycles. The highest BCUT2D eigenvalue weighted by molar-refractivity contribution is 5.83. The van der Waals surface area contributed by atoms with Crippen molar-refractivity contribution in [1.29, 1.82) is 0 Å². The molecule has 0 spiro atoms. The van der Waals surface area contributed by atoms with Gasteiger partial charge in [-0.2, -0.15) is 0 Å². The van der Waals surface area contributed by atoms with E-state index in [4.69, 9.17) is 23.4 Å². The number of fused-ring (bicyclic) bond motifs is 1. The standard InChI is InChI=1S/C27H30O15/c1-9-17(31)20(34)22(36)26(39-9)38-8-16-19(33)21(35)23(37)27(41-16)42-25-18(32)12-4-3-11(28)7-15(12)40-24(25)10-2-5-13(29)14(30)6-10/h2-7,9,16-17,19-23,26-31,33-37H,8H2,1H3/t9-,16+,17-,19+,20+,21-,22+,23+,26+,27-/m0/s1. The second-order valence-corrected chi connectivity index (χ2v) is 10.1. The van der Waals surface area contributed by atoms with E-state index in [1.165, 1.54) is 31.2 Å². The predicted molar refractivity (Wildman–Crippen MR) is 139 cm³/mol. The van der Waals surface area contributed by atoms with Crippen molar-refractivity contribution in [3.05, 3.63) is 46.6 Å². The van der Waals surface area contributed by atoms with E-state index in [0.29, 0.717) is 0 Å². The normalized spacial score (nSPS) is 33.5. The van der Waals surface area contributed by atoms with E-state index in [-0.39, 0.29) is 28.0 Å². The lowest BCUT2D eigenvalue weighted by atomic mass is 9.98. The minimum Gasteiger partial charge on any atom is -0.508 e. The molecule has 15 heteroatoms. The van der Waals surface area contributed by atoms with Crippen LogP contribution in [0.2, 0.25) is 0 Å². The van der Waals surface area contributed by atoms with Crippen molar-refractivity contribution < 1.29 is 69.3 Å². The number of rotatable bonds is 6. The van der Waals surface area contributed by atoms with Gasteiger partial charge in [-0.05, 0) is 37.3 Å². The maximum Gasteiger partial charge on any atom is 0.235 e. The first kappa shape index (κ1) is 30.0. The average Bonchev–Trinajstić information content (AvgIpc) is 2.96. The molecule has 5 rings (SSSR count). The lowest BCUT2D eigenvalue weighted by molar-refractivity contribution is -0.318.